The van der Waals surface area contributed by atoms with E-state index < -0.39 is 11.7 Å². The van der Waals surface area contributed by atoms with Gasteiger partial charge in [0.1, 0.15) is 0 Å². The summed E-state index contributed by atoms with van der Waals surface area (Å²) in [6.45, 7) is 2.42. The highest BCUT2D eigenvalue weighted by molar-refractivity contribution is 5.76. The molecule has 0 radical (unpaired) electrons. The smallest absolute Gasteiger partial charge is 0.417 e. The average Bonchev–Trinajstić information content (AvgIpc) is 2.64. The van der Waals surface area contributed by atoms with Gasteiger partial charge in [0.25, 0.3) is 0 Å². The Balaban J connectivity index is 2.03. The zero-order chi connectivity index (χ0) is 13.1. The summed E-state index contributed by atoms with van der Waals surface area (Å²) in [7, 11) is 0. The van der Waals surface area contributed by atoms with Gasteiger partial charge in [-0.2, -0.15) is 0 Å². The number of carbonyl (C=O) groups is 1. The molecule has 1 atom stereocenters. The topological polar surface area (TPSA) is 95.3 Å². The van der Waals surface area contributed by atoms with Crippen molar-refractivity contribution in [3.63, 3.8) is 0 Å². The molecule has 6 nitrogen and oxygen atoms in total. The Hall–Kier alpha value is -2.24. The zero-order valence-corrected chi connectivity index (χ0v) is 9.90. The maximum atomic E-state index is 11.0. The molecule has 0 saturated carbocycles. The number of rotatable bonds is 5. The van der Waals surface area contributed by atoms with Gasteiger partial charge in [-0.15, -0.1) is 0 Å². The van der Waals surface area contributed by atoms with E-state index in [9.17, 15) is 9.59 Å². The molecule has 18 heavy (non-hydrogen) atoms. The number of hydrogen-bond donors (Lipinski definition) is 3. The monoisotopic (exact) mass is 250 g/mol. The summed E-state index contributed by atoms with van der Waals surface area (Å²) in [4.78, 5) is 24.1. The Kier molecular flexibility index (Phi) is 3.36. The van der Waals surface area contributed by atoms with E-state index in [1.165, 1.54) is 0 Å². The molecular weight excluding hydrogens is 236 g/mol. The Labute approximate surface area is 103 Å². The van der Waals surface area contributed by atoms with Crippen LogP contribution in [-0.2, 0) is 4.79 Å². The van der Waals surface area contributed by atoms with Gasteiger partial charge in [-0.05, 0) is 24.1 Å². The Morgan fingerprint density at radius 3 is 3.06 bits per heavy atom. The number of nitrogens with one attached hydrogen (secondary N) is 2. The van der Waals surface area contributed by atoms with Crippen molar-refractivity contribution in [3.05, 3.63) is 28.7 Å². The highest BCUT2D eigenvalue weighted by Gasteiger charge is 2.08. The van der Waals surface area contributed by atoms with Crippen LogP contribution >= 0.6 is 0 Å². The van der Waals surface area contributed by atoms with Crippen LogP contribution in [0.25, 0.3) is 11.1 Å². The van der Waals surface area contributed by atoms with Gasteiger partial charge in [-0.3, -0.25) is 9.78 Å². The lowest BCUT2D eigenvalue weighted by Gasteiger charge is -2.11. The number of oxazole rings is 1. The highest BCUT2D eigenvalue weighted by atomic mass is 16.4. The average molecular weight is 250 g/mol. The summed E-state index contributed by atoms with van der Waals surface area (Å²) in [5.74, 6) is -1.26. The van der Waals surface area contributed by atoms with Crippen molar-refractivity contribution in [1.29, 1.82) is 0 Å². The minimum atomic E-state index is -0.807. The van der Waals surface area contributed by atoms with Crippen LogP contribution < -0.4 is 11.1 Å². The quantitative estimate of drug-likeness (QED) is 0.749. The number of benzene rings is 1. The van der Waals surface area contributed by atoms with Crippen molar-refractivity contribution >= 4 is 22.8 Å². The third-order valence-corrected chi connectivity index (χ3v) is 2.60. The van der Waals surface area contributed by atoms with Gasteiger partial charge >= 0.3 is 11.7 Å². The number of aliphatic carboxylic acids is 1. The van der Waals surface area contributed by atoms with Gasteiger partial charge in [0.15, 0.2) is 5.58 Å². The first-order valence-electron chi connectivity index (χ1n) is 5.63. The number of aromatic amines is 1. The third-order valence-electron chi connectivity index (χ3n) is 2.60. The van der Waals surface area contributed by atoms with Gasteiger partial charge in [0.05, 0.1) is 5.52 Å². The van der Waals surface area contributed by atoms with Crippen molar-refractivity contribution < 1.29 is 14.3 Å². The third kappa shape index (κ3) is 2.91. The summed E-state index contributed by atoms with van der Waals surface area (Å²) in [6.07, 6.45) is 0.123. The lowest BCUT2D eigenvalue weighted by molar-refractivity contribution is -0.137. The van der Waals surface area contributed by atoms with Crippen LogP contribution in [0.4, 0.5) is 5.69 Å². The predicted molar refractivity (Wildman–Crippen MR) is 66.7 cm³/mol. The van der Waals surface area contributed by atoms with Gasteiger partial charge in [-0.1, -0.05) is 6.92 Å². The molecule has 1 heterocycles. The van der Waals surface area contributed by atoms with E-state index in [2.05, 4.69) is 10.3 Å². The van der Waals surface area contributed by atoms with Gasteiger partial charge < -0.3 is 14.8 Å². The van der Waals surface area contributed by atoms with E-state index in [-0.39, 0.29) is 12.3 Å². The van der Waals surface area contributed by atoms with Gasteiger partial charge in [0.2, 0.25) is 0 Å². The van der Waals surface area contributed by atoms with Crippen LogP contribution in [0.2, 0.25) is 0 Å². The standard InChI is InChI=1S/C12H14N2O4/c1-7(4-11(15)16)6-13-8-2-3-10-9(5-8)14-12(17)18-10/h2-3,5,7,13H,4,6H2,1H3,(H,14,17)(H,15,16). The number of H-pyrrole nitrogens is 1. The summed E-state index contributed by atoms with van der Waals surface area (Å²) in [6, 6.07) is 5.23. The molecule has 0 aliphatic carbocycles. The first-order valence-corrected chi connectivity index (χ1v) is 5.63. The fourth-order valence-electron chi connectivity index (χ4n) is 1.72. The Bertz CT molecular complexity index is 614. The molecule has 1 unspecified atom stereocenters. The molecule has 1 aromatic carbocycles. The van der Waals surface area contributed by atoms with Crippen LogP contribution in [0.3, 0.4) is 0 Å². The minimum Gasteiger partial charge on any atom is -0.481 e. The molecule has 0 aliphatic heterocycles. The summed E-state index contributed by atoms with van der Waals surface area (Å²) in [5.41, 5.74) is 1.94. The molecule has 6 heteroatoms. The molecule has 0 amide bonds. The predicted octanol–water partition coefficient (Wildman–Crippen LogP) is 1.64. The van der Waals surface area contributed by atoms with Crippen molar-refractivity contribution in [2.24, 2.45) is 5.92 Å². The summed E-state index contributed by atoms with van der Waals surface area (Å²) < 4.78 is 4.88. The lowest BCUT2D eigenvalue weighted by Crippen LogP contribution is -2.14. The van der Waals surface area contributed by atoms with Crippen LogP contribution in [0.5, 0.6) is 0 Å². The minimum absolute atomic E-state index is 0.0293. The van der Waals surface area contributed by atoms with E-state index in [4.69, 9.17) is 9.52 Å². The molecule has 1 aromatic heterocycles. The zero-order valence-electron chi connectivity index (χ0n) is 9.90. The second kappa shape index (κ2) is 4.95. The maximum absolute atomic E-state index is 11.0. The molecule has 0 spiro atoms. The van der Waals surface area contributed by atoms with E-state index in [0.717, 1.165) is 5.69 Å². The normalized spacial score (nSPS) is 12.5. The second-order valence-corrected chi connectivity index (χ2v) is 4.31. The van der Waals surface area contributed by atoms with E-state index in [1.807, 2.05) is 6.92 Å². The van der Waals surface area contributed by atoms with Crippen LogP contribution in [0.1, 0.15) is 13.3 Å². The number of anilines is 1. The fourth-order valence-corrected chi connectivity index (χ4v) is 1.72. The Morgan fingerprint density at radius 1 is 1.56 bits per heavy atom. The number of aromatic nitrogens is 1. The molecule has 2 rings (SSSR count). The van der Waals surface area contributed by atoms with E-state index in [1.54, 1.807) is 18.2 Å². The van der Waals surface area contributed by atoms with Crippen LogP contribution in [0.15, 0.2) is 27.4 Å². The van der Waals surface area contributed by atoms with Crippen molar-refractivity contribution in [3.8, 4) is 0 Å². The van der Waals surface area contributed by atoms with Crippen LogP contribution in [-0.4, -0.2) is 22.6 Å². The molecule has 96 valence electrons. The maximum Gasteiger partial charge on any atom is 0.417 e. The van der Waals surface area contributed by atoms with E-state index in [0.29, 0.717) is 17.6 Å². The first-order chi connectivity index (χ1) is 8.54. The molecule has 3 N–H and O–H groups in total. The number of fused-ring (bicyclic) bond motifs is 1. The van der Waals surface area contributed by atoms with Crippen LogP contribution in [0, 0.1) is 5.92 Å². The summed E-state index contributed by atoms with van der Waals surface area (Å²) in [5, 5.41) is 11.8. The fraction of sp³-hybridized carbons (Fsp3) is 0.333. The number of carboxylic acid groups (broad SMARTS) is 1. The van der Waals surface area contributed by atoms with Gasteiger partial charge in [0, 0.05) is 18.7 Å². The molecule has 2 aromatic rings. The molecule has 0 saturated heterocycles. The lowest BCUT2D eigenvalue weighted by atomic mass is 10.1. The molecule has 0 aliphatic rings. The molecule has 0 bridgehead atoms. The highest BCUT2D eigenvalue weighted by Crippen LogP contribution is 2.16. The van der Waals surface area contributed by atoms with Crippen molar-refractivity contribution in [1.82, 2.24) is 4.98 Å². The van der Waals surface area contributed by atoms with E-state index >= 15 is 0 Å². The first kappa shape index (κ1) is 12.2. The Morgan fingerprint density at radius 2 is 2.33 bits per heavy atom. The van der Waals surface area contributed by atoms with Crippen molar-refractivity contribution in [2.45, 2.75) is 13.3 Å². The molecular formula is C12H14N2O4. The van der Waals surface area contributed by atoms with Crippen molar-refractivity contribution in [2.75, 3.05) is 11.9 Å². The number of hydrogen-bond acceptors (Lipinski definition) is 4. The summed E-state index contributed by atoms with van der Waals surface area (Å²) >= 11 is 0. The van der Waals surface area contributed by atoms with Gasteiger partial charge in [-0.25, -0.2) is 4.79 Å². The SMILES string of the molecule is CC(CNc1ccc2oc(=O)[nH]c2c1)CC(=O)O. The molecule has 0 fully saturated rings. The second-order valence-electron chi connectivity index (χ2n) is 4.31. The number of carboxylic acids is 1. The largest absolute Gasteiger partial charge is 0.481 e.